The Hall–Kier alpha value is -4.25. The van der Waals surface area contributed by atoms with Gasteiger partial charge in [-0.2, -0.15) is 9.78 Å². The smallest absolute Gasteiger partial charge is 0.282 e. The molecule has 0 fully saturated rings. The van der Waals surface area contributed by atoms with Gasteiger partial charge in [-0.25, -0.2) is 4.98 Å². The quantitative estimate of drug-likeness (QED) is 0.170. The molecule has 1 N–H and O–H groups in total. The van der Waals surface area contributed by atoms with E-state index in [0.717, 1.165) is 5.39 Å². The van der Waals surface area contributed by atoms with Crippen molar-refractivity contribution < 1.29 is 13.9 Å². The van der Waals surface area contributed by atoms with Crippen LogP contribution in [0.15, 0.2) is 114 Å². The second kappa shape index (κ2) is 11.9. The molecule has 6 aromatic rings. The molecular weight excluding hydrogens is 688 g/mol. The first kappa shape index (κ1) is 27.9. The summed E-state index contributed by atoms with van der Waals surface area (Å²) in [6.07, 6.45) is 1.54. The molecule has 2 aromatic heterocycles. The summed E-state index contributed by atoms with van der Waals surface area (Å²) < 4.78 is 14.2. The Balaban J connectivity index is 1.28. The highest BCUT2D eigenvalue weighted by Crippen LogP contribution is 2.34. The molecule has 8 nitrogen and oxygen atoms in total. The zero-order valence-corrected chi connectivity index (χ0v) is 25.5. The van der Waals surface area contributed by atoms with Crippen molar-refractivity contribution in [3.05, 3.63) is 121 Å². The maximum atomic E-state index is 13.5. The number of ether oxygens (including phenoxy) is 1. The number of carbonyl (C=O) groups excluding carboxylic acids is 1. The number of carbonyl (C=O) groups is 1. The van der Waals surface area contributed by atoms with E-state index >= 15 is 0 Å². The zero-order chi connectivity index (χ0) is 29.2. The number of nitrogens with zero attached hydrogens (tertiary/aromatic N) is 3. The number of amides is 1. The topological polar surface area (TPSA) is 98.7 Å². The second-order valence-electron chi connectivity index (χ2n) is 9.12. The van der Waals surface area contributed by atoms with Crippen LogP contribution in [0.25, 0.3) is 33.5 Å². The Bertz CT molecular complexity index is 2000. The highest BCUT2D eigenvalue weighted by Gasteiger charge is 2.17. The van der Waals surface area contributed by atoms with Crippen molar-refractivity contribution in [2.24, 2.45) is 5.10 Å². The molecule has 0 radical (unpaired) electrons. The van der Waals surface area contributed by atoms with Gasteiger partial charge in [-0.1, -0.05) is 41.9 Å². The second-order valence-corrected chi connectivity index (χ2v) is 11.3. The largest absolute Gasteiger partial charge is 0.481 e. The van der Waals surface area contributed by atoms with Crippen LogP contribution in [0.5, 0.6) is 5.75 Å². The molecule has 42 heavy (non-hydrogen) atoms. The van der Waals surface area contributed by atoms with Crippen LogP contribution < -0.4 is 15.6 Å². The number of hydrogen-bond acceptors (Lipinski definition) is 6. The fourth-order valence-electron chi connectivity index (χ4n) is 4.27. The van der Waals surface area contributed by atoms with E-state index < -0.39 is 0 Å². The van der Waals surface area contributed by atoms with E-state index in [2.05, 4.69) is 42.3 Å². The van der Waals surface area contributed by atoms with Crippen LogP contribution in [0.3, 0.4) is 0 Å². The fraction of sp³-hybridized carbons (Fsp3) is 0.0323. The van der Waals surface area contributed by atoms with Gasteiger partial charge in [0, 0.05) is 16.1 Å². The first-order valence-corrected chi connectivity index (χ1v) is 14.5. The normalized spacial score (nSPS) is 11.4. The van der Waals surface area contributed by atoms with Crippen LogP contribution >= 0.6 is 43.5 Å². The molecule has 0 spiro atoms. The van der Waals surface area contributed by atoms with Crippen molar-refractivity contribution in [1.29, 1.82) is 0 Å². The van der Waals surface area contributed by atoms with Crippen molar-refractivity contribution in [2.45, 2.75) is 0 Å². The van der Waals surface area contributed by atoms with Crippen LogP contribution in [-0.2, 0) is 4.79 Å². The van der Waals surface area contributed by atoms with E-state index in [1.165, 1.54) is 10.9 Å². The molecule has 0 aliphatic rings. The third-order valence-corrected chi connectivity index (χ3v) is 7.65. The minimum atomic E-state index is -0.336. The van der Waals surface area contributed by atoms with Gasteiger partial charge < -0.3 is 14.5 Å². The van der Waals surface area contributed by atoms with Gasteiger partial charge in [0.1, 0.15) is 11.3 Å². The number of para-hydroxylation sites is 2. The molecule has 0 saturated carbocycles. The summed E-state index contributed by atoms with van der Waals surface area (Å²) in [5.74, 6) is 0.795. The lowest BCUT2D eigenvalue weighted by Gasteiger charge is -2.12. The average Bonchev–Trinajstić information content (AvgIpc) is 3.42. The number of aromatic nitrogens is 2. The van der Waals surface area contributed by atoms with Crippen molar-refractivity contribution >= 4 is 83.1 Å². The summed E-state index contributed by atoms with van der Waals surface area (Å²) >= 11 is 12.9. The number of benzene rings is 4. The SMILES string of the molecule is O=C(COc1c(Br)cc(C=Nn2c(-c3cc4ccccc4o3)nc3ccccc3c2=O)cc1Br)Nc1ccc(Cl)cc1. The zero-order valence-electron chi connectivity index (χ0n) is 21.6. The van der Waals surface area contributed by atoms with Crippen molar-refractivity contribution in [3.63, 3.8) is 0 Å². The van der Waals surface area contributed by atoms with Gasteiger partial charge in [0.05, 0.1) is 26.1 Å². The maximum absolute atomic E-state index is 13.5. The van der Waals surface area contributed by atoms with E-state index in [9.17, 15) is 9.59 Å². The molecule has 0 saturated heterocycles. The fourth-order valence-corrected chi connectivity index (χ4v) is 5.84. The molecule has 0 atom stereocenters. The number of halogens is 3. The average molecular weight is 707 g/mol. The predicted octanol–water partition coefficient (Wildman–Crippen LogP) is 7.89. The molecule has 0 aliphatic carbocycles. The van der Waals surface area contributed by atoms with Gasteiger partial charge in [-0.15, -0.1) is 0 Å². The lowest BCUT2D eigenvalue weighted by molar-refractivity contribution is -0.118. The Labute approximate surface area is 260 Å². The van der Waals surface area contributed by atoms with Crippen LogP contribution in [0.1, 0.15) is 5.56 Å². The Morgan fingerprint density at radius 2 is 1.71 bits per heavy atom. The van der Waals surface area contributed by atoms with Gasteiger partial charge in [-0.3, -0.25) is 9.59 Å². The number of rotatable bonds is 7. The minimum absolute atomic E-state index is 0.216. The van der Waals surface area contributed by atoms with Gasteiger partial charge in [0.15, 0.2) is 12.4 Å². The highest BCUT2D eigenvalue weighted by molar-refractivity contribution is 9.11. The van der Waals surface area contributed by atoms with E-state index in [-0.39, 0.29) is 23.9 Å². The maximum Gasteiger partial charge on any atom is 0.282 e. The van der Waals surface area contributed by atoms with Gasteiger partial charge in [-0.05, 0) is 98.1 Å². The molecule has 208 valence electrons. The van der Waals surface area contributed by atoms with E-state index in [1.54, 1.807) is 54.6 Å². The lowest BCUT2D eigenvalue weighted by atomic mass is 10.2. The molecule has 1 amide bonds. The molecule has 4 aromatic carbocycles. The van der Waals surface area contributed by atoms with Crippen LogP contribution in [0, 0.1) is 0 Å². The van der Waals surface area contributed by atoms with E-state index in [1.807, 2.05) is 36.4 Å². The summed E-state index contributed by atoms with van der Waals surface area (Å²) in [6.45, 7) is -0.216. The monoisotopic (exact) mass is 704 g/mol. The third-order valence-electron chi connectivity index (χ3n) is 6.22. The highest BCUT2D eigenvalue weighted by atomic mass is 79.9. The van der Waals surface area contributed by atoms with Gasteiger partial charge >= 0.3 is 0 Å². The summed E-state index contributed by atoms with van der Waals surface area (Å²) in [5.41, 5.74) is 2.14. The minimum Gasteiger partial charge on any atom is -0.481 e. The van der Waals surface area contributed by atoms with Crippen LogP contribution in [-0.4, -0.2) is 28.4 Å². The van der Waals surface area contributed by atoms with Crippen LogP contribution in [0.4, 0.5) is 5.69 Å². The summed E-state index contributed by atoms with van der Waals surface area (Å²) in [5, 5.41) is 9.16. The lowest BCUT2D eigenvalue weighted by Crippen LogP contribution is -2.20. The molecule has 2 heterocycles. The number of nitrogens with one attached hydrogen (secondary N) is 1. The molecule has 0 bridgehead atoms. The standard InChI is InChI=1S/C31H19Br2ClN4O4/c32-23-13-18(14-24(33)29(23)41-17-28(39)36-21-11-9-20(34)10-12-21)16-35-38-30(27-15-19-5-1-4-8-26(19)42-27)37-25-7-3-2-6-22(25)31(38)40/h1-16H,17H2,(H,36,39). The van der Waals surface area contributed by atoms with Crippen molar-refractivity contribution in [2.75, 3.05) is 11.9 Å². The summed E-state index contributed by atoms with van der Waals surface area (Å²) in [4.78, 5) is 30.6. The van der Waals surface area contributed by atoms with Crippen molar-refractivity contribution in [1.82, 2.24) is 9.66 Å². The molecule has 0 aliphatic heterocycles. The summed E-state index contributed by atoms with van der Waals surface area (Å²) in [6, 6.07) is 26.8. The van der Waals surface area contributed by atoms with E-state index in [4.69, 9.17) is 25.7 Å². The number of anilines is 1. The van der Waals surface area contributed by atoms with Crippen molar-refractivity contribution in [3.8, 4) is 17.3 Å². The Morgan fingerprint density at radius 1 is 1.00 bits per heavy atom. The molecular formula is C31H19Br2ClN4O4. The number of hydrogen-bond donors (Lipinski definition) is 1. The third kappa shape index (κ3) is 5.87. The van der Waals surface area contributed by atoms with Crippen LogP contribution in [0.2, 0.25) is 5.02 Å². The molecule has 11 heteroatoms. The van der Waals surface area contributed by atoms with E-state index in [0.29, 0.717) is 53.2 Å². The molecule has 6 rings (SSSR count). The molecule has 0 unspecified atom stereocenters. The first-order chi connectivity index (χ1) is 20.4. The first-order valence-electron chi connectivity index (χ1n) is 12.6. The Morgan fingerprint density at radius 3 is 2.48 bits per heavy atom. The number of furan rings is 1. The van der Waals surface area contributed by atoms with Gasteiger partial charge in [0.25, 0.3) is 11.5 Å². The predicted molar refractivity (Wildman–Crippen MR) is 172 cm³/mol. The Kier molecular flexibility index (Phi) is 7.92. The van der Waals surface area contributed by atoms with Gasteiger partial charge in [0.2, 0.25) is 5.82 Å². The number of fused-ring (bicyclic) bond motifs is 2. The summed E-state index contributed by atoms with van der Waals surface area (Å²) in [7, 11) is 0.